The first kappa shape index (κ1) is 20.0. The number of amides is 1. The smallest absolute Gasteiger partial charge is 0.253 e. The number of ether oxygens (including phenoxy) is 1. The Labute approximate surface area is 190 Å². The molecule has 0 bridgehead atoms. The van der Waals surface area contributed by atoms with E-state index in [4.69, 9.17) is 9.15 Å². The van der Waals surface area contributed by atoms with E-state index in [2.05, 4.69) is 20.2 Å². The molecule has 2 saturated heterocycles. The van der Waals surface area contributed by atoms with E-state index in [0.717, 1.165) is 29.3 Å². The lowest BCUT2D eigenvalue weighted by molar-refractivity contribution is 0.00908. The lowest BCUT2D eigenvalue weighted by Gasteiger charge is -2.36. The third-order valence-electron chi connectivity index (χ3n) is 6.94. The van der Waals surface area contributed by atoms with E-state index in [0.29, 0.717) is 43.6 Å². The molecule has 0 saturated carbocycles. The molecule has 2 aliphatic rings. The minimum absolute atomic E-state index is 0.0167. The molecular weight excluding hydrogens is 418 g/mol. The van der Waals surface area contributed by atoms with E-state index >= 15 is 0 Å². The van der Waals surface area contributed by atoms with E-state index in [1.807, 2.05) is 47.4 Å². The van der Waals surface area contributed by atoms with Gasteiger partial charge in [-0.05, 0) is 49.2 Å². The minimum Gasteiger partial charge on any atom is -0.420 e. The van der Waals surface area contributed by atoms with Crippen LogP contribution in [0.2, 0.25) is 0 Å². The van der Waals surface area contributed by atoms with Gasteiger partial charge in [0.05, 0.1) is 11.4 Å². The SMILES string of the molecule is O=C(c1ccc2ncccc2c1)N1CC(c2nnc(-c3ccncc3)o2)C2(CCOCC2)C1. The van der Waals surface area contributed by atoms with Gasteiger partial charge in [-0.25, -0.2) is 0 Å². The number of aromatic nitrogens is 4. The van der Waals surface area contributed by atoms with Crippen LogP contribution in [0.4, 0.5) is 0 Å². The highest BCUT2D eigenvalue weighted by Gasteiger charge is 2.51. The summed E-state index contributed by atoms with van der Waals surface area (Å²) in [4.78, 5) is 23.9. The molecule has 1 unspecified atom stereocenters. The van der Waals surface area contributed by atoms with Crippen molar-refractivity contribution in [2.45, 2.75) is 18.8 Å². The van der Waals surface area contributed by atoms with Gasteiger partial charge in [-0.2, -0.15) is 0 Å². The number of pyridine rings is 2. The molecule has 2 fully saturated rings. The number of hydrogen-bond donors (Lipinski definition) is 0. The monoisotopic (exact) mass is 441 g/mol. The van der Waals surface area contributed by atoms with Crippen LogP contribution in [0.15, 0.2) is 65.5 Å². The second-order valence-corrected chi connectivity index (χ2v) is 8.81. The largest absolute Gasteiger partial charge is 0.420 e. The van der Waals surface area contributed by atoms with Crippen LogP contribution < -0.4 is 0 Å². The van der Waals surface area contributed by atoms with Gasteiger partial charge < -0.3 is 14.1 Å². The van der Waals surface area contributed by atoms with E-state index < -0.39 is 0 Å². The molecule has 5 heterocycles. The van der Waals surface area contributed by atoms with Crippen molar-refractivity contribution in [2.75, 3.05) is 26.3 Å². The second-order valence-electron chi connectivity index (χ2n) is 8.81. The van der Waals surface area contributed by atoms with Crippen LogP contribution in [-0.2, 0) is 4.74 Å². The Morgan fingerprint density at radius 2 is 1.88 bits per heavy atom. The fraction of sp³-hybridized carbons (Fsp3) is 0.320. The lowest BCUT2D eigenvalue weighted by atomic mass is 9.72. The Balaban J connectivity index is 1.32. The van der Waals surface area contributed by atoms with Crippen molar-refractivity contribution in [3.8, 4) is 11.5 Å². The summed E-state index contributed by atoms with van der Waals surface area (Å²) in [5, 5.41) is 9.65. The summed E-state index contributed by atoms with van der Waals surface area (Å²) in [6, 6.07) is 13.2. The Kier molecular flexibility index (Phi) is 4.87. The number of hydrogen-bond acceptors (Lipinski definition) is 7. The molecule has 1 aromatic carbocycles. The zero-order valence-electron chi connectivity index (χ0n) is 18.1. The quantitative estimate of drug-likeness (QED) is 0.478. The molecule has 4 aromatic rings. The fourth-order valence-corrected chi connectivity index (χ4v) is 5.13. The maximum absolute atomic E-state index is 13.5. The molecule has 1 atom stereocenters. The molecule has 0 N–H and O–H groups in total. The Hall–Kier alpha value is -3.65. The molecule has 0 aliphatic carbocycles. The predicted molar refractivity (Wildman–Crippen MR) is 120 cm³/mol. The van der Waals surface area contributed by atoms with Gasteiger partial charge in [0.25, 0.3) is 5.91 Å². The molecule has 0 radical (unpaired) electrons. The third-order valence-corrected chi connectivity index (χ3v) is 6.94. The van der Waals surface area contributed by atoms with E-state index in [-0.39, 0.29) is 17.2 Å². The summed E-state index contributed by atoms with van der Waals surface area (Å²) in [7, 11) is 0. The van der Waals surface area contributed by atoms with Crippen LogP contribution in [0.1, 0.15) is 35.0 Å². The van der Waals surface area contributed by atoms with Crippen molar-refractivity contribution in [3.63, 3.8) is 0 Å². The van der Waals surface area contributed by atoms with Gasteiger partial charge in [0, 0.05) is 66.8 Å². The first-order valence-electron chi connectivity index (χ1n) is 11.2. The normalized spacial score (nSPS) is 19.9. The van der Waals surface area contributed by atoms with Crippen LogP contribution in [0, 0.1) is 5.41 Å². The fourth-order valence-electron chi connectivity index (χ4n) is 5.13. The van der Waals surface area contributed by atoms with Crippen molar-refractivity contribution in [3.05, 3.63) is 72.5 Å². The summed E-state index contributed by atoms with van der Waals surface area (Å²) in [6.07, 6.45) is 6.88. The first-order chi connectivity index (χ1) is 16.2. The highest BCUT2D eigenvalue weighted by molar-refractivity contribution is 5.98. The second kappa shape index (κ2) is 8.04. The molecular formula is C25H23N5O3. The van der Waals surface area contributed by atoms with Gasteiger partial charge >= 0.3 is 0 Å². The van der Waals surface area contributed by atoms with Crippen LogP contribution in [0.5, 0.6) is 0 Å². The summed E-state index contributed by atoms with van der Waals surface area (Å²) < 4.78 is 11.8. The van der Waals surface area contributed by atoms with Crippen LogP contribution >= 0.6 is 0 Å². The van der Waals surface area contributed by atoms with Gasteiger partial charge in [-0.3, -0.25) is 14.8 Å². The number of nitrogens with zero attached hydrogens (tertiary/aromatic N) is 5. The lowest BCUT2D eigenvalue weighted by Crippen LogP contribution is -2.37. The average Bonchev–Trinajstić information content (AvgIpc) is 3.50. The summed E-state index contributed by atoms with van der Waals surface area (Å²) in [5.74, 6) is 1.04. The zero-order valence-corrected chi connectivity index (χ0v) is 18.1. The Bertz CT molecular complexity index is 1300. The van der Waals surface area contributed by atoms with Crippen molar-refractivity contribution >= 4 is 16.8 Å². The molecule has 1 spiro atoms. The highest BCUT2D eigenvalue weighted by Crippen LogP contribution is 2.49. The van der Waals surface area contributed by atoms with Crippen molar-refractivity contribution in [1.82, 2.24) is 25.1 Å². The molecule has 2 aliphatic heterocycles. The average molecular weight is 441 g/mol. The minimum atomic E-state index is -0.131. The molecule has 3 aromatic heterocycles. The zero-order chi connectivity index (χ0) is 22.3. The standard InChI is InChI=1S/C25H23N5O3/c31-24(19-3-4-21-18(14-19)2-1-9-27-21)30-15-20(25(16-30)7-12-32-13-8-25)23-29-28-22(33-23)17-5-10-26-11-6-17/h1-6,9-11,14,20H,7-8,12-13,15-16H2. The van der Waals surface area contributed by atoms with Crippen molar-refractivity contribution in [2.24, 2.45) is 5.41 Å². The third kappa shape index (κ3) is 3.56. The van der Waals surface area contributed by atoms with Gasteiger partial charge in [-0.15, -0.1) is 10.2 Å². The van der Waals surface area contributed by atoms with E-state index in [1.54, 1.807) is 18.6 Å². The van der Waals surface area contributed by atoms with Crippen LogP contribution in [0.3, 0.4) is 0 Å². The number of carbonyl (C=O) groups is 1. The maximum Gasteiger partial charge on any atom is 0.253 e. The van der Waals surface area contributed by atoms with Crippen LogP contribution in [0.25, 0.3) is 22.4 Å². The van der Waals surface area contributed by atoms with Crippen molar-refractivity contribution in [1.29, 1.82) is 0 Å². The number of rotatable bonds is 3. The predicted octanol–water partition coefficient (Wildman–Crippen LogP) is 3.72. The van der Waals surface area contributed by atoms with Gasteiger partial charge in [0.1, 0.15) is 0 Å². The molecule has 1 amide bonds. The summed E-state index contributed by atoms with van der Waals surface area (Å²) in [5.41, 5.74) is 2.25. The van der Waals surface area contributed by atoms with E-state index in [1.165, 1.54) is 0 Å². The maximum atomic E-state index is 13.5. The number of benzene rings is 1. The molecule has 166 valence electrons. The van der Waals surface area contributed by atoms with Gasteiger partial charge in [-0.1, -0.05) is 6.07 Å². The molecule has 8 nitrogen and oxygen atoms in total. The molecule has 8 heteroatoms. The first-order valence-corrected chi connectivity index (χ1v) is 11.2. The van der Waals surface area contributed by atoms with E-state index in [9.17, 15) is 4.79 Å². The van der Waals surface area contributed by atoms with Crippen LogP contribution in [-0.4, -0.2) is 57.3 Å². The van der Waals surface area contributed by atoms with Gasteiger partial charge in [0.15, 0.2) is 0 Å². The number of carbonyl (C=O) groups excluding carboxylic acids is 1. The Morgan fingerprint density at radius 3 is 2.73 bits per heavy atom. The number of fused-ring (bicyclic) bond motifs is 1. The Morgan fingerprint density at radius 1 is 1.03 bits per heavy atom. The molecule has 33 heavy (non-hydrogen) atoms. The molecule has 6 rings (SSSR count). The number of likely N-dealkylation sites (tertiary alicyclic amines) is 1. The highest BCUT2D eigenvalue weighted by atomic mass is 16.5. The van der Waals surface area contributed by atoms with Crippen molar-refractivity contribution < 1.29 is 13.9 Å². The summed E-state index contributed by atoms with van der Waals surface area (Å²) in [6.45, 7) is 2.54. The topological polar surface area (TPSA) is 94.2 Å². The van der Waals surface area contributed by atoms with Gasteiger partial charge in [0.2, 0.25) is 11.8 Å². The summed E-state index contributed by atoms with van der Waals surface area (Å²) >= 11 is 0.